The van der Waals surface area contributed by atoms with E-state index < -0.39 is 0 Å². The Balaban J connectivity index is 1.73. The van der Waals surface area contributed by atoms with E-state index in [-0.39, 0.29) is 23.7 Å². The van der Waals surface area contributed by atoms with E-state index in [9.17, 15) is 9.59 Å². The van der Waals surface area contributed by atoms with Gasteiger partial charge in [-0.1, -0.05) is 24.3 Å². The number of amides is 1. The molecule has 3 rings (SSSR count). The summed E-state index contributed by atoms with van der Waals surface area (Å²) < 4.78 is 0. The van der Waals surface area contributed by atoms with Crippen LogP contribution in [0.3, 0.4) is 0 Å². The molecule has 2 unspecified atom stereocenters. The summed E-state index contributed by atoms with van der Waals surface area (Å²) in [6.07, 6.45) is 1.95. The largest absolute Gasteiger partial charge is 0.354 e. The standard InChI is InChI=1S/C16H20N2O2/c1-11-5-2-3-6-12(11)15(19)10-18-8-4-7-13-14(18)9-17-16(13)20/h2-3,5-6,13-14H,4,7-10H2,1H3,(H,17,20). The summed E-state index contributed by atoms with van der Waals surface area (Å²) >= 11 is 0. The van der Waals surface area contributed by atoms with Crippen LogP contribution in [0.25, 0.3) is 0 Å². The second-order valence-electron chi connectivity index (χ2n) is 5.77. The average molecular weight is 272 g/mol. The summed E-state index contributed by atoms with van der Waals surface area (Å²) in [7, 11) is 0. The molecule has 2 fully saturated rings. The van der Waals surface area contributed by atoms with Gasteiger partial charge in [-0.05, 0) is 31.9 Å². The van der Waals surface area contributed by atoms with E-state index in [0.29, 0.717) is 13.1 Å². The van der Waals surface area contributed by atoms with E-state index in [4.69, 9.17) is 0 Å². The first-order chi connectivity index (χ1) is 9.66. The van der Waals surface area contributed by atoms with Crippen molar-refractivity contribution in [3.63, 3.8) is 0 Å². The molecule has 106 valence electrons. The van der Waals surface area contributed by atoms with Gasteiger partial charge in [-0.25, -0.2) is 0 Å². The molecule has 0 aliphatic carbocycles. The van der Waals surface area contributed by atoms with Crippen molar-refractivity contribution in [3.8, 4) is 0 Å². The van der Waals surface area contributed by atoms with Crippen molar-refractivity contribution >= 4 is 11.7 Å². The van der Waals surface area contributed by atoms with Crippen LogP contribution >= 0.6 is 0 Å². The minimum absolute atomic E-state index is 0.0772. The quantitative estimate of drug-likeness (QED) is 0.846. The molecule has 2 heterocycles. The molecule has 2 aliphatic heterocycles. The van der Waals surface area contributed by atoms with Crippen LogP contribution < -0.4 is 5.32 Å². The lowest BCUT2D eigenvalue weighted by Gasteiger charge is -2.35. The molecule has 1 aromatic rings. The van der Waals surface area contributed by atoms with Crippen LogP contribution in [0, 0.1) is 12.8 Å². The van der Waals surface area contributed by atoms with Gasteiger partial charge >= 0.3 is 0 Å². The molecule has 20 heavy (non-hydrogen) atoms. The number of carbonyl (C=O) groups is 2. The molecule has 1 aromatic carbocycles. The van der Waals surface area contributed by atoms with E-state index in [1.54, 1.807) is 0 Å². The van der Waals surface area contributed by atoms with Crippen molar-refractivity contribution in [2.45, 2.75) is 25.8 Å². The Labute approximate surface area is 119 Å². The number of likely N-dealkylation sites (tertiary alicyclic amines) is 1. The van der Waals surface area contributed by atoms with Gasteiger partial charge in [0.1, 0.15) is 0 Å². The smallest absolute Gasteiger partial charge is 0.224 e. The number of hydrogen-bond donors (Lipinski definition) is 1. The van der Waals surface area contributed by atoms with E-state index >= 15 is 0 Å². The molecule has 0 aromatic heterocycles. The zero-order chi connectivity index (χ0) is 14.1. The first-order valence-corrected chi connectivity index (χ1v) is 7.27. The molecule has 4 heteroatoms. The SMILES string of the molecule is Cc1ccccc1C(=O)CN1CCCC2C(=O)NCC21. The number of ketones is 1. The molecule has 1 amide bonds. The Kier molecular flexibility index (Phi) is 3.57. The monoisotopic (exact) mass is 272 g/mol. The Bertz CT molecular complexity index is 541. The van der Waals surface area contributed by atoms with Crippen LogP contribution in [0.15, 0.2) is 24.3 Å². The summed E-state index contributed by atoms with van der Waals surface area (Å²) in [6, 6.07) is 7.90. The van der Waals surface area contributed by atoms with Crippen molar-refractivity contribution in [2.24, 2.45) is 5.92 Å². The van der Waals surface area contributed by atoms with Crippen LogP contribution in [-0.2, 0) is 4.79 Å². The van der Waals surface area contributed by atoms with Crippen molar-refractivity contribution in [1.82, 2.24) is 10.2 Å². The number of nitrogens with zero attached hydrogens (tertiary/aromatic N) is 1. The highest BCUT2D eigenvalue weighted by atomic mass is 16.2. The van der Waals surface area contributed by atoms with Gasteiger partial charge < -0.3 is 5.32 Å². The Morgan fingerprint density at radius 1 is 1.40 bits per heavy atom. The molecule has 2 aliphatic rings. The molecule has 1 N–H and O–H groups in total. The van der Waals surface area contributed by atoms with E-state index in [1.807, 2.05) is 31.2 Å². The van der Waals surface area contributed by atoms with E-state index in [1.165, 1.54) is 0 Å². The Morgan fingerprint density at radius 2 is 2.20 bits per heavy atom. The number of hydrogen-bond acceptors (Lipinski definition) is 3. The van der Waals surface area contributed by atoms with E-state index in [0.717, 1.165) is 30.5 Å². The second-order valence-corrected chi connectivity index (χ2v) is 5.77. The predicted octanol–water partition coefficient (Wildman–Crippen LogP) is 1.39. The van der Waals surface area contributed by atoms with E-state index in [2.05, 4.69) is 10.2 Å². The van der Waals surface area contributed by atoms with Crippen molar-refractivity contribution in [2.75, 3.05) is 19.6 Å². The Morgan fingerprint density at radius 3 is 3.00 bits per heavy atom. The highest BCUT2D eigenvalue weighted by molar-refractivity contribution is 5.99. The molecular formula is C16H20N2O2. The number of Topliss-reactive ketones (excluding diaryl/α,β-unsaturated/α-hetero) is 1. The van der Waals surface area contributed by atoms with Gasteiger partial charge in [-0.15, -0.1) is 0 Å². The van der Waals surface area contributed by atoms with Gasteiger partial charge in [-0.2, -0.15) is 0 Å². The maximum absolute atomic E-state index is 12.5. The zero-order valence-corrected chi connectivity index (χ0v) is 11.8. The highest BCUT2D eigenvalue weighted by Gasteiger charge is 2.41. The first kappa shape index (κ1) is 13.3. The van der Waals surface area contributed by atoms with Gasteiger partial charge in [0.2, 0.25) is 5.91 Å². The van der Waals surface area contributed by atoms with Gasteiger partial charge in [0, 0.05) is 18.2 Å². The van der Waals surface area contributed by atoms with Crippen LogP contribution in [0.5, 0.6) is 0 Å². The summed E-state index contributed by atoms with van der Waals surface area (Å²) in [5.41, 5.74) is 1.82. The zero-order valence-electron chi connectivity index (χ0n) is 11.8. The molecule has 4 nitrogen and oxygen atoms in total. The fourth-order valence-corrected chi connectivity index (χ4v) is 3.39. The summed E-state index contributed by atoms with van der Waals surface area (Å²) in [5, 5.41) is 2.92. The molecule has 2 atom stereocenters. The second kappa shape index (κ2) is 5.37. The third-order valence-corrected chi connectivity index (χ3v) is 4.51. The number of benzene rings is 1. The Hall–Kier alpha value is -1.68. The molecular weight excluding hydrogens is 252 g/mol. The number of aryl methyl sites for hydroxylation is 1. The van der Waals surface area contributed by atoms with Crippen LogP contribution in [-0.4, -0.2) is 42.3 Å². The molecule has 2 saturated heterocycles. The topological polar surface area (TPSA) is 49.4 Å². The number of carbonyl (C=O) groups excluding carboxylic acids is 2. The first-order valence-electron chi connectivity index (χ1n) is 7.27. The van der Waals surface area contributed by atoms with Crippen molar-refractivity contribution in [1.29, 1.82) is 0 Å². The number of fused-ring (bicyclic) bond motifs is 1. The van der Waals surface area contributed by atoms with Crippen LogP contribution in [0.4, 0.5) is 0 Å². The molecule has 0 radical (unpaired) electrons. The lowest BCUT2D eigenvalue weighted by molar-refractivity contribution is -0.124. The summed E-state index contributed by atoms with van der Waals surface area (Å²) in [5.74, 6) is 0.388. The summed E-state index contributed by atoms with van der Waals surface area (Å²) in [4.78, 5) is 26.4. The minimum Gasteiger partial charge on any atom is -0.354 e. The number of nitrogens with one attached hydrogen (secondary N) is 1. The average Bonchev–Trinajstić information content (AvgIpc) is 2.82. The van der Waals surface area contributed by atoms with Gasteiger partial charge in [0.05, 0.1) is 12.5 Å². The van der Waals surface area contributed by atoms with Crippen molar-refractivity contribution in [3.05, 3.63) is 35.4 Å². The lowest BCUT2D eigenvalue weighted by atomic mass is 9.91. The normalized spacial score (nSPS) is 26.1. The third-order valence-electron chi connectivity index (χ3n) is 4.51. The van der Waals surface area contributed by atoms with Crippen LogP contribution in [0.2, 0.25) is 0 Å². The fourth-order valence-electron chi connectivity index (χ4n) is 3.39. The third kappa shape index (κ3) is 2.36. The van der Waals surface area contributed by atoms with Gasteiger partial charge in [-0.3, -0.25) is 14.5 Å². The predicted molar refractivity (Wildman–Crippen MR) is 76.6 cm³/mol. The van der Waals surface area contributed by atoms with Crippen molar-refractivity contribution < 1.29 is 9.59 Å². The molecule has 0 saturated carbocycles. The van der Waals surface area contributed by atoms with Gasteiger partial charge in [0.15, 0.2) is 5.78 Å². The van der Waals surface area contributed by atoms with Crippen LogP contribution in [0.1, 0.15) is 28.8 Å². The van der Waals surface area contributed by atoms with Gasteiger partial charge in [0.25, 0.3) is 0 Å². The molecule has 0 bridgehead atoms. The maximum atomic E-state index is 12.5. The maximum Gasteiger partial charge on any atom is 0.224 e. The fraction of sp³-hybridized carbons (Fsp3) is 0.500. The summed E-state index contributed by atoms with van der Waals surface area (Å²) in [6.45, 7) is 3.98. The highest BCUT2D eigenvalue weighted by Crippen LogP contribution is 2.27. The minimum atomic E-state index is 0.0772. The lowest BCUT2D eigenvalue weighted by Crippen LogP contribution is -2.47. The molecule has 0 spiro atoms. The number of rotatable bonds is 3. The number of piperidine rings is 1.